The summed E-state index contributed by atoms with van der Waals surface area (Å²) >= 11 is 11.9. The lowest BCUT2D eigenvalue weighted by Crippen LogP contribution is -2.34. The molecule has 4 rings (SSSR count). The number of hydrogen-bond acceptors (Lipinski definition) is 1. The molecule has 0 aliphatic carbocycles. The molecule has 0 radical (unpaired) electrons. The van der Waals surface area contributed by atoms with E-state index in [0.717, 1.165) is 23.8 Å². The normalized spacial score (nSPS) is 10.7. The van der Waals surface area contributed by atoms with Crippen LogP contribution in [0.15, 0.2) is 97.2 Å². The van der Waals surface area contributed by atoms with Crippen LogP contribution in [0, 0.1) is 6.92 Å². The summed E-state index contributed by atoms with van der Waals surface area (Å²) in [5.74, 6) is 0. The predicted molar refractivity (Wildman–Crippen MR) is 138 cm³/mol. The van der Waals surface area contributed by atoms with Gasteiger partial charge in [0.25, 0.3) is 0 Å². The number of hydrogen-bond donors (Lipinski definition) is 1. The minimum absolute atomic E-state index is 0.702. The first kappa shape index (κ1) is 22.1. The molecule has 0 amide bonds. The number of thiocarbonyl (C=S) groups is 1. The van der Waals surface area contributed by atoms with Crippen molar-refractivity contribution in [3.05, 3.63) is 125 Å². The number of benzene rings is 3. The topological polar surface area (TPSA) is 20.2 Å². The van der Waals surface area contributed by atoms with Crippen LogP contribution < -0.4 is 5.32 Å². The fraction of sp³-hybridized carbons (Fsp3) is 0.148. The van der Waals surface area contributed by atoms with Gasteiger partial charge in [0.1, 0.15) is 0 Å². The van der Waals surface area contributed by atoms with E-state index in [1.807, 2.05) is 18.2 Å². The van der Waals surface area contributed by atoms with Crippen LogP contribution in [0.3, 0.4) is 0 Å². The van der Waals surface area contributed by atoms with Crippen LogP contribution in [0.5, 0.6) is 0 Å². The fourth-order valence-electron chi connectivity index (χ4n) is 3.57. The Morgan fingerprint density at radius 1 is 0.844 bits per heavy atom. The van der Waals surface area contributed by atoms with E-state index in [4.69, 9.17) is 23.8 Å². The summed E-state index contributed by atoms with van der Waals surface area (Å²) in [7, 11) is 0. The van der Waals surface area contributed by atoms with Crippen LogP contribution in [0.1, 0.15) is 22.4 Å². The quantitative estimate of drug-likeness (QED) is 0.303. The Bertz CT molecular complexity index is 1150. The Kier molecular flexibility index (Phi) is 7.25. The second-order valence-electron chi connectivity index (χ2n) is 7.89. The molecule has 0 fully saturated rings. The molecule has 0 saturated heterocycles. The molecular formula is C27H26ClN3S. The van der Waals surface area contributed by atoms with Gasteiger partial charge in [-0.3, -0.25) is 0 Å². The summed E-state index contributed by atoms with van der Waals surface area (Å²) in [6.45, 7) is 4.30. The average Bonchev–Trinajstić information content (AvgIpc) is 3.23. The molecule has 4 aromatic rings. The van der Waals surface area contributed by atoms with Crippen molar-refractivity contribution in [2.24, 2.45) is 0 Å². The summed E-state index contributed by atoms with van der Waals surface area (Å²) in [6.07, 6.45) is 2.11. The minimum atomic E-state index is 0.702. The number of aromatic nitrogens is 1. The Morgan fingerprint density at radius 2 is 1.56 bits per heavy atom. The van der Waals surface area contributed by atoms with Gasteiger partial charge in [-0.25, -0.2) is 0 Å². The van der Waals surface area contributed by atoms with Gasteiger partial charge in [0, 0.05) is 35.7 Å². The molecule has 0 bridgehead atoms. The van der Waals surface area contributed by atoms with Crippen LogP contribution in [0.4, 0.5) is 5.69 Å². The highest BCUT2D eigenvalue weighted by molar-refractivity contribution is 7.80. The smallest absolute Gasteiger partial charge is 0.174 e. The van der Waals surface area contributed by atoms with Crippen LogP contribution in [0.25, 0.3) is 0 Å². The van der Waals surface area contributed by atoms with E-state index in [9.17, 15) is 0 Å². The lowest BCUT2D eigenvalue weighted by Gasteiger charge is -2.27. The van der Waals surface area contributed by atoms with Crippen molar-refractivity contribution in [3.8, 4) is 0 Å². The highest BCUT2D eigenvalue weighted by atomic mass is 35.5. The number of rotatable bonds is 7. The standard InChI is InChI=1S/C27H26ClN3S/c1-21-9-15-25(16-10-21)29-27(32)31(19-22-6-3-2-4-7-22)20-26-8-5-17-30(26)18-23-11-13-24(28)14-12-23/h2-17H,18-20H2,1H3,(H,29,32). The largest absolute Gasteiger partial charge is 0.345 e. The van der Waals surface area contributed by atoms with Crippen LogP contribution >= 0.6 is 23.8 Å². The molecule has 3 nitrogen and oxygen atoms in total. The first-order chi connectivity index (χ1) is 15.6. The Morgan fingerprint density at radius 3 is 2.28 bits per heavy atom. The fourth-order valence-corrected chi connectivity index (χ4v) is 3.94. The molecule has 0 aliphatic heterocycles. The molecule has 0 unspecified atom stereocenters. The SMILES string of the molecule is Cc1ccc(NC(=S)N(Cc2ccccc2)Cc2cccn2Cc2ccc(Cl)cc2)cc1. The third-order valence-corrected chi connectivity index (χ3v) is 5.96. The molecule has 0 atom stereocenters. The number of nitrogens with one attached hydrogen (secondary N) is 1. The van der Waals surface area contributed by atoms with Gasteiger partial charge in [-0.15, -0.1) is 0 Å². The summed E-state index contributed by atoms with van der Waals surface area (Å²) in [5.41, 5.74) is 5.85. The predicted octanol–water partition coefficient (Wildman–Crippen LogP) is 6.90. The first-order valence-electron chi connectivity index (χ1n) is 10.6. The zero-order valence-corrected chi connectivity index (χ0v) is 19.6. The first-order valence-corrected chi connectivity index (χ1v) is 11.4. The Balaban J connectivity index is 1.53. The maximum absolute atomic E-state index is 6.05. The molecule has 32 heavy (non-hydrogen) atoms. The number of nitrogens with zero attached hydrogens (tertiary/aromatic N) is 2. The van der Waals surface area contributed by atoms with E-state index in [1.54, 1.807) is 0 Å². The molecule has 0 spiro atoms. The van der Waals surface area contributed by atoms with E-state index in [0.29, 0.717) is 11.7 Å². The minimum Gasteiger partial charge on any atom is -0.345 e. The number of halogens is 1. The highest BCUT2D eigenvalue weighted by Gasteiger charge is 2.14. The van der Waals surface area contributed by atoms with Crippen LogP contribution in [-0.4, -0.2) is 14.6 Å². The van der Waals surface area contributed by atoms with E-state index in [1.165, 1.54) is 22.4 Å². The van der Waals surface area contributed by atoms with Crippen LogP contribution in [-0.2, 0) is 19.6 Å². The highest BCUT2D eigenvalue weighted by Crippen LogP contribution is 2.17. The van der Waals surface area contributed by atoms with Crippen LogP contribution in [0.2, 0.25) is 5.02 Å². The molecule has 3 aromatic carbocycles. The zero-order valence-electron chi connectivity index (χ0n) is 18.0. The summed E-state index contributed by atoms with van der Waals surface area (Å²) in [4.78, 5) is 2.21. The van der Waals surface area contributed by atoms with Crippen molar-refractivity contribution in [3.63, 3.8) is 0 Å². The zero-order chi connectivity index (χ0) is 22.3. The van der Waals surface area contributed by atoms with Crippen molar-refractivity contribution in [2.45, 2.75) is 26.6 Å². The lowest BCUT2D eigenvalue weighted by atomic mass is 10.2. The molecule has 1 heterocycles. The second-order valence-corrected chi connectivity index (χ2v) is 8.71. The van der Waals surface area contributed by atoms with Crippen molar-refractivity contribution < 1.29 is 0 Å². The van der Waals surface area contributed by atoms with Gasteiger partial charge < -0.3 is 14.8 Å². The molecule has 0 saturated carbocycles. The van der Waals surface area contributed by atoms with Gasteiger partial charge in [0.2, 0.25) is 0 Å². The van der Waals surface area contributed by atoms with Gasteiger partial charge in [-0.2, -0.15) is 0 Å². The summed E-state index contributed by atoms with van der Waals surface area (Å²) < 4.78 is 2.26. The van der Waals surface area contributed by atoms with Crippen molar-refractivity contribution in [2.75, 3.05) is 5.32 Å². The van der Waals surface area contributed by atoms with Gasteiger partial charge >= 0.3 is 0 Å². The third kappa shape index (κ3) is 6.00. The van der Waals surface area contributed by atoms with Crippen molar-refractivity contribution in [1.29, 1.82) is 0 Å². The summed E-state index contributed by atoms with van der Waals surface area (Å²) in [5, 5.41) is 4.87. The Labute approximate surface area is 200 Å². The molecular weight excluding hydrogens is 434 g/mol. The maximum Gasteiger partial charge on any atom is 0.174 e. The third-order valence-electron chi connectivity index (χ3n) is 5.35. The van der Waals surface area contributed by atoms with E-state index >= 15 is 0 Å². The maximum atomic E-state index is 6.05. The summed E-state index contributed by atoms with van der Waals surface area (Å²) in [6, 6.07) is 31.0. The van der Waals surface area contributed by atoms with E-state index < -0.39 is 0 Å². The molecule has 0 aliphatic rings. The van der Waals surface area contributed by atoms with Gasteiger partial charge in [-0.05, 0) is 66.7 Å². The lowest BCUT2D eigenvalue weighted by molar-refractivity contribution is 0.399. The van der Waals surface area contributed by atoms with Crippen molar-refractivity contribution in [1.82, 2.24) is 9.47 Å². The Hall–Kier alpha value is -3.08. The van der Waals surface area contributed by atoms with E-state index in [-0.39, 0.29) is 0 Å². The molecule has 1 N–H and O–H groups in total. The molecule has 5 heteroatoms. The van der Waals surface area contributed by atoms with Crippen molar-refractivity contribution >= 4 is 34.6 Å². The van der Waals surface area contributed by atoms with Gasteiger partial charge in [0.05, 0.1) is 6.54 Å². The molecule has 162 valence electrons. The number of anilines is 1. The molecule has 1 aromatic heterocycles. The monoisotopic (exact) mass is 459 g/mol. The second kappa shape index (κ2) is 10.5. The van der Waals surface area contributed by atoms with E-state index in [2.05, 4.69) is 101 Å². The van der Waals surface area contributed by atoms with Gasteiger partial charge in [-0.1, -0.05) is 71.8 Å². The number of aryl methyl sites for hydroxylation is 1. The average molecular weight is 460 g/mol. The van der Waals surface area contributed by atoms with Gasteiger partial charge in [0.15, 0.2) is 5.11 Å².